The fourth-order valence-corrected chi connectivity index (χ4v) is 2.17. The summed E-state index contributed by atoms with van der Waals surface area (Å²) in [6, 6.07) is 0. The van der Waals surface area contributed by atoms with Crippen LogP contribution in [0.25, 0.3) is 0 Å². The highest BCUT2D eigenvalue weighted by Crippen LogP contribution is 2.16. The van der Waals surface area contributed by atoms with E-state index in [9.17, 15) is 13.5 Å². The summed E-state index contributed by atoms with van der Waals surface area (Å²) in [6.45, 7) is 6.85. The summed E-state index contributed by atoms with van der Waals surface area (Å²) in [4.78, 5) is 0. The van der Waals surface area contributed by atoms with Crippen molar-refractivity contribution in [3.8, 4) is 0 Å². The maximum absolute atomic E-state index is 11.9. The van der Waals surface area contributed by atoms with Crippen molar-refractivity contribution in [3.05, 3.63) is 11.9 Å². The molecule has 0 aliphatic heterocycles. The van der Waals surface area contributed by atoms with Crippen molar-refractivity contribution < 1.29 is 13.5 Å². The smallest absolute Gasteiger partial charge is 0.157 e. The van der Waals surface area contributed by atoms with Crippen LogP contribution in [-0.4, -0.2) is 39.0 Å². The molecule has 0 bridgehead atoms. The van der Waals surface area contributed by atoms with Gasteiger partial charge >= 0.3 is 0 Å². The molecule has 0 fully saturated rings. The molecule has 0 aliphatic carbocycles. The van der Waals surface area contributed by atoms with Gasteiger partial charge in [-0.25, -0.2) is 8.42 Å². The molecule has 1 unspecified atom stereocenters. The fraction of sp³-hybridized carbons (Fsp3) is 0.800. The van der Waals surface area contributed by atoms with Crippen LogP contribution in [0.1, 0.15) is 39.5 Å². The third-order valence-electron chi connectivity index (χ3n) is 2.51. The summed E-state index contributed by atoms with van der Waals surface area (Å²) >= 11 is 0. The van der Waals surface area contributed by atoms with Crippen LogP contribution in [0.4, 0.5) is 0 Å². The summed E-state index contributed by atoms with van der Waals surface area (Å²) in [5.74, 6) is 0.0130. The van der Waals surface area contributed by atoms with Crippen LogP contribution >= 0.6 is 0 Å². The summed E-state index contributed by atoms with van der Waals surface area (Å²) in [7, 11) is -3.16. The number of sulfone groups is 1. The molecule has 1 N–H and O–H groups in total. The molecule has 7 heteroatoms. The van der Waals surface area contributed by atoms with Gasteiger partial charge in [-0.05, 0) is 27.7 Å². The Labute approximate surface area is 102 Å². The van der Waals surface area contributed by atoms with Crippen molar-refractivity contribution in [2.45, 2.75) is 45.1 Å². The van der Waals surface area contributed by atoms with Gasteiger partial charge < -0.3 is 5.11 Å². The summed E-state index contributed by atoms with van der Waals surface area (Å²) in [5.41, 5.74) is 0.443. The van der Waals surface area contributed by atoms with Gasteiger partial charge in [-0.2, -0.15) is 0 Å². The molecule has 0 aromatic carbocycles. The van der Waals surface area contributed by atoms with Crippen LogP contribution in [0.15, 0.2) is 6.20 Å². The van der Waals surface area contributed by atoms with Crippen molar-refractivity contribution in [1.82, 2.24) is 15.0 Å². The van der Waals surface area contributed by atoms with E-state index in [4.69, 9.17) is 0 Å². The van der Waals surface area contributed by atoms with Crippen molar-refractivity contribution in [1.29, 1.82) is 0 Å². The number of aliphatic hydroxyl groups is 1. The summed E-state index contributed by atoms with van der Waals surface area (Å²) < 4.78 is 24.4. The Balaban J connectivity index is 2.68. The topological polar surface area (TPSA) is 85.1 Å². The van der Waals surface area contributed by atoms with E-state index in [1.54, 1.807) is 33.9 Å². The average Bonchev–Trinajstić information content (AvgIpc) is 2.61. The standard InChI is InChI=1S/C10H19N3O3S/c1-8(14)9-7-13(12-11-9)5-6-17(15,16)10(2,3)4/h7-8,14H,5-6H2,1-4H3. The van der Waals surface area contributed by atoms with Crippen LogP contribution in [0.2, 0.25) is 0 Å². The van der Waals surface area contributed by atoms with Gasteiger partial charge in [0.1, 0.15) is 5.69 Å². The highest BCUT2D eigenvalue weighted by atomic mass is 32.2. The van der Waals surface area contributed by atoms with Gasteiger partial charge in [0.2, 0.25) is 0 Å². The average molecular weight is 261 g/mol. The molecule has 0 amide bonds. The minimum atomic E-state index is -3.16. The van der Waals surface area contributed by atoms with Crippen LogP contribution in [-0.2, 0) is 16.4 Å². The van der Waals surface area contributed by atoms with Crippen LogP contribution in [0.3, 0.4) is 0 Å². The maximum Gasteiger partial charge on any atom is 0.157 e. The summed E-state index contributed by atoms with van der Waals surface area (Å²) in [6.07, 6.45) is 0.867. The first-order valence-electron chi connectivity index (χ1n) is 5.44. The molecule has 0 saturated heterocycles. The van der Waals surface area contributed by atoms with Crippen LogP contribution < -0.4 is 0 Å². The fourth-order valence-electron chi connectivity index (χ4n) is 1.13. The SMILES string of the molecule is CC(O)c1cn(CCS(=O)(=O)C(C)(C)C)nn1. The lowest BCUT2D eigenvalue weighted by Gasteiger charge is -2.18. The Bertz CT molecular complexity index is 471. The Morgan fingerprint density at radius 2 is 2.06 bits per heavy atom. The number of rotatable bonds is 4. The minimum absolute atomic E-state index is 0.0130. The second-order valence-corrected chi connectivity index (χ2v) is 7.88. The van der Waals surface area contributed by atoms with E-state index >= 15 is 0 Å². The number of aliphatic hydroxyl groups excluding tert-OH is 1. The first-order valence-corrected chi connectivity index (χ1v) is 7.09. The van der Waals surface area contributed by atoms with Crippen LogP contribution in [0, 0.1) is 0 Å². The lowest BCUT2D eigenvalue weighted by molar-refractivity contribution is 0.194. The molecule has 0 radical (unpaired) electrons. The molecule has 1 aromatic heterocycles. The van der Waals surface area contributed by atoms with E-state index in [1.807, 2.05) is 0 Å². The van der Waals surface area contributed by atoms with Gasteiger partial charge in [0.15, 0.2) is 9.84 Å². The van der Waals surface area contributed by atoms with Crippen LogP contribution in [0.5, 0.6) is 0 Å². The molecular weight excluding hydrogens is 242 g/mol. The normalized spacial score (nSPS) is 14.9. The Morgan fingerprint density at radius 3 is 2.47 bits per heavy atom. The largest absolute Gasteiger partial charge is 0.387 e. The van der Waals surface area contributed by atoms with Gasteiger partial charge in [0.05, 0.1) is 29.3 Å². The van der Waals surface area contributed by atoms with Crippen molar-refractivity contribution >= 4 is 9.84 Å². The number of hydrogen-bond acceptors (Lipinski definition) is 5. The lowest BCUT2D eigenvalue weighted by Crippen LogP contribution is -2.32. The molecule has 0 spiro atoms. The third-order valence-corrected chi connectivity index (χ3v) is 5.09. The van der Waals surface area contributed by atoms with Gasteiger partial charge in [-0.15, -0.1) is 5.10 Å². The molecule has 1 rings (SSSR count). The maximum atomic E-state index is 11.9. The molecule has 1 atom stereocenters. The van der Waals surface area contributed by atoms with E-state index in [1.165, 1.54) is 4.68 Å². The van der Waals surface area contributed by atoms with Crippen molar-refractivity contribution in [3.63, 3.8) is 0 Å². The highest BCUT2D eigenvalue weighted by Gasteiger charge is 2.28. The molecule has 1 heterocycles. The Hall–Kier alpha value is -0.950. The van der Waals surface area contributed by atoms with E-state index in [2.05, 4.69) is 10.3 Å². The first kappa shape index (κ1) is 14.1. The van der Waals surface area contributed by atoms with E-state index in [0.717, 1.165) is 0 Å². The molecule has 98 valence electrons. The molecule has 6 nitrogen and oxygen atoms in total. The Morgan fingerprint density at radius 1 is 1.47 bits per heavy atom. The molecule has 17 heavy (non-hydrogen) atoms. The second-order valence-electron chi connectivity index (χ2n) is 5.01. The lowest BCUT2D eigenvalue weighted by atomic mass is 10.3. The van der Waals surface area contributed by atoms with E-state index in [0.29, 0.717) is 5.69 Å². The molecule has 1 aromatic rings. The minimum Gasteiger partial charge on any atom is -0.387 e. The van der Waals surface area contributed by atoms with Gasteiger partial charge in [-0.1, -0.05) is 5.21 Å². The summed E-state index contributed by atoms with van der Waals surface area (Å²) in [5, 5.41) is 16.8. The zero-order chi connectivity index (χ0) is 13.3. The second kappa shape index (κ2) is 4.73. The highest BCUT2D eigenvalue weighted by molar-refractivity contribution is 7.92. The van der Waals surface area contributed by atoms with E-state index < -0.39 is 20.7 Å². The molecular formula is C10H19N3O3S. The van der Waals surface area contributed by atoms with Crippen molar-refractivity contribution in [2.24, 2.45) is 0 Å². The Kier molecular flexibility index (Phi) is 3.93. The third kappa shape index (κ3) is 3.50. The van der Waals surface area contributed by atoms with Gasteiger partial charge in [-0.3, -0.25) is 4.68 Å². The quantitative estimate of drug-likeness (QED) is 0.855. The number of hydrogen-bond donors (Lipinski definition) is 1. The first-order chi connectivity index (χ1) is 7.63. The molecule has 0 aliphatic rings. The van der Waals surface area contributed by atoms with Gasteiger partial charge in [0.25, 0.3) is 0 Å². The predicted octanol–water partition coefficient (Wildman–Crippen LogP) is 0.545. The number of aromatic nitrogens is 3. The van der Waals surface area contributed by atoms with E-state index in [-0.39, 0.29) is 12.3 Å². The monoisotopic (exact) mass is 261 g/mol. The van der Waals surface area contributed by atoms with Gasteiger partial charge in [0, 0.05) is 0 Å². The zero-order valence-corrected chi connectivity index (χ0v) is 11.4. The zero-order valence-electron chi connectivity index (χ0n) is 10.6. The number of aryl methyl sites for hydroxylation is 1. The number of nitrogens with zero attached hydrogens (tertiary/aromatic N) is 3. The van der Waals surface area contributed by atoms with Crippen molar-refractivity contribution in [2.75, 3.05) is 5.75 Å². The predicted molar refractivity (Wildman–Crippen MR) is 64.2 cm³/mol. The molecule has 0 saturated carbocycles.